The standard InChI is InChI=1S/C14H14N2O3/c1-3-19-14(18)12(8-15)9-16-13(17)11-6-4-10(2)5-7-11/h4-7,9H,3H2,1-2H3,(H,16,17)/b12-9+. The molecule has 0 spiro atoms. The van der Waals surface area contributed by atoms with Crippen LogP contribution in [0.25, 0.3) is 0 Å². The molecule has 1 N–H and O–H groups in total. The van der Waals surface area contributed by atoms with Crippen LogP contribution in [0.4, 0.5) is 0 Å². The Morgan fingerprint density at radius 3 is 2.53 bits per heavy atom. The molecule has 1 rings (SSSR count). The van der Waals surface area contributed by atoms with Crippen molar-refractivity contribution < 1.29 is 14.3 Å². The summed E-state index contributed by atoms with van der Waals surface area (Å²) in [5, 5.41) is 11.2. The van der Waals surface area contributed by atoms with Gasteiger partial charge in [-0.1, -0.05) is 17.7 Å². The van der Waals surface area contributed by atoms with Crippen molar-refractivity contribution in [2.45, 2.75) is 13.8 Å². The van der Waals surface area contributed by atoms with Gasteiger partial charge in [0.05, 0.1) is 6.61 Å². The van der Waals surface area contributed by atoms with Crippen LogP contribution in [0.5, 0.6) is 0 Å². The summed E-state index contributed by atoms with van der Waals surface area (Å²) < 4.78 is 4.67. The average molecular weight is 258 g/mol. The van der Waals surface area contributed by atoms with Gasteiger partial charge in [-0.2, -0.15) is 5.26 Å². The smallest absolute Gasteiger partial charge is 0.350 e. The van der Waals surface area contributed by atoms with E-state index in [-0.39, 0.29) is 12.2 Å². The molecule has 0 radical (unpaired) electrons. The number of esters is 1. The van der Waals surface area contributed by atoms with E-state index in [4.69, 9.17) is 5.26 Å². The lowest BCUT2D eigenvalue weighted by Gasteiger charge is -2.02. The molecule has 19 heavy (non-hydrogen) atoms. The van der Waals surface area contributed by atoms with Crippen molar-refractivity contribution in [2.24, 2.45) is 0 Å². The number of aryl methyl sites for hydroxylation is 1. The number of hydrogen-bond donors (Lipinski definition) is 1. The number of nitrogens with zero attached hydrogens (tertiary/aromatic N) is 1. The van der Waals surface area contributed by atoms with E-state index in [0.29, 0.717) is 5.56 Å². The molecule has 5 heteroatoms. The molecule has 0 aliphatic heterocycles. The lowest BCUT2D eigenvalue weighted by molar-refractivity contribution is -0.138. The molecule has 1 aromatic rings. The summed E-state index contributed by atoms with van der Waals surface area (Å²) in [5.41, 5.74) is 1.24. The number of amides is 1. The van der Waals surface area contributed by atoms with Gasteiger partial charge < -0.3 is 10.1 Å². The van der Waals surface area contributed by atoms with Gasteiger partial charge in [-0.3, -0.25) is 4.79 Å². The summed E-state index contributed by atoms with van der Waals surface area (Å²) in [6.07, 6.45) is 1.06. The predicted molar refractivity (Wildman–Crippen MR) is 69.0 cm³/mol. The predicted octanol–water partition coefficient (Wildman–Crippen LogP) is 1.70. The van der Waals surface area contributed by atoms with E-state index in [9.17, 15) is 9.59 Å². The van der Waals surface area contributed by atoms with Crippen molar-refractivity contribution in [2.75, 3.05) is 6.61 Å². The van der Waals surface area contributed by atoms with E-state index in [1.165, 1.54) is 0 Å². The highest BCUT2D eigenvalue weighted by atomic mass is 16.5. The van der Waals surface area contributed by atoms with Gasteiger partial charge in [-0.05, 0) is 26.0 Å². The van der Waals surface area contributed by atoms with Gasteiger partial charge in [0.1, 0.15) is 6.07 Å². The van der Waals surface area contributed by atoms with Crippen molar-refractivity contribution in [3.05, 3.63) is 47.2 Å². The molecule has 0 atom stereocenters. The summed E-state index contributed by atoms with van der Waals surface area (Å²) in [4.78, 5) is 23.0. The number of carbonyl (C=O) groups is 2. The van der Waals surface area contributed by atoms with Crippen LogP contribution in [-0.2, 0) is 9.53 Å². The largest absolute Gasteiger partial charge is 0.462 e. The average Bonchev–Trinajstić information content (AvgIpc) is 2.40. The Hall–Kier alpha value is -2.61. The van der Waals surface area contributed by atoms with Crippen molar-refractivity contribution in [1.82, 2.24) is 5.32 Å². The van der Waals surface area contributed by atoms with E-state index < -0.39 is 11.9 Å². The molecule has 0 heterocycles. The first-order valence-corrected chi connectivity index (χ1v) is 5.73. The van der Waals surface area contributed by atoms with Gasteiger partial charge in [-0.15, -0.1) is 0 Å². The van der Waals surface area contributed by atoms with Crippen molar-refractivity contribution in [1.29, 1.82) is 5.26 Å². The topological polar surface area (TPSA) is 79.2 Å². The van der Waals surface area contributed by atoms with E-state index in [2.05, 4.69) is 10.1 Å². The number of ether oxygens (including phenoxy) is 1. The number of nitriles is 1. The highest BCUT2D eigenvalue weighted by molar-refractivity contribution is 5.97. The van der Waals surface area contributed by atoms with Crippen LogP contribution in [0.1, 0.15) is 22.8 Å². The lowest BCUT2D eigenvalue weighted by atomic mass is 10.1. The Bertz CT molecular complexity index is 539. The van der Waals surface area contributed by atoms with E-state index in [0.717, 1.165) is 11.8 Å². The van der Waals surface area contributed by atoms with Gasteiger partial charge in [0.15, 0.2) is 5.57 Å². The highest BCUT2D eigenvalue weighted by Gasteiger charge is 2.10. The second-order valence-corrected chi connectivity index (χ2v) is 3.73. The third kappa shape index (κ3) is 4.28. The fourth-order valence-electron chi connectivity index (χ4n) is 1.27. The van der Waals surface area contributed by atoms with E-state index >= 15 is 0 Å². The van der Waals surface area contributed by atoms with Gasteiger partial charge in [0.25, 0.3) is 5.91 Å². The summed E-state index contributed by atoms with van der Waals surface area (Å²) >= 11 is 0. The quantitative estimate of drug-likeness (QED) is 0.506. The molecule has 0 aliphatic carbocycles. The molecule has 98 valence electrons. The first-order valence-electron chi connectivity index (χ1n) is 5.73. The number of hydrogen-bond acceptors (Lipinski definition) is 4. The molecule has 0 saturated carbocycles. The van der Waals surface area contributed by atoms with Gasteiger partial charge in [-0.25, -0.2) is 4.79 Å². The number of nitrogens with one attached hydrogen (secondary N) is 1. The molecule has 0 bridgehead atoms. The SMILES string of the molecule is CCOC(=O)/C(C#N)=C/NC(=O)c1ccc(C)cc1. The number of carbonyl (C=O) groups excluding carboxylic acids is 2. The minimum atomic E-state index is -0.755. The maximum absolute atomic E-state index is 11.7. The summed E-state index contributed by atoms with van der Waals surface area (Å²) in [7, 11) is 0. The van der Waals surface area contributed by atoms with Crippen LogP contribution in [0.15, 0.2) is 36.0 Å². The Labute approximate surface area is 111 Å². The molecule has 0 saturated heterocycles. The van der Waals surface area contributed by atoms with Gasteiger partial charge in [0, 0.05) is 11.8 Å². The van der Waals surface area contributed by atoms with Crippen molar-refractivity contribution in [3.8, 4) is 6.07 Å². The fourth-order valence-corrected chi connectivity index (χ4v) is 1.27. The normalized spacial score (nSPS) is 10.5. The summed E-state index contributed by atoms with van der Waals surface area (Å²) in [6.45, 7) is 3.72. The molecule has 0 aromatic heterocycles. The zero-order valence-corrected chi connectivity index (χ0v) is 10.8. The fraction of sp³-hybridized carbons (Fsp3) is 0.214. The number of benzene rings is 1. The molecule has 0 unspecified atom stereocenters. The maximum atomic E-state index is 11.7. The van der Waals surface area contributed by atoms with Crippen LogP contribution >= 0.6 is 0 Å². The van der Waals surface area contributed by atoms with Crippen LogP contribution in [0, 0.1) is 18.3 Å². The molecule has 1 aromatic carbocycles. The second-order valence-electron chi connectivity index (χ2n) is 3.73. The second kappa shape index (κ2) is 6.97. The van der Waals surface area contributed by atoms with Gasteiger partial charge >= 0.3 is 5.97 Å². The molecular formula is C14H14N2O3. The Morgan fingerprint density at radius 2 is 2.00 bits per heavy atom. The molecular weight excluding hydrogens is 244 g/mol. The zero-order valence-electron chi connectivity index (χ0n) is 10.8. The van der Waals surface area contributed by atoms with Crippen LogP contribution < -0.4 is 5.32 Å². The molecule has 1 amide bonds. The van der Waals surface area contributed by atoms with Crippen LogP contribution in [-0.4, -0.2) is 18.5 Å². The summed E-state index contributed by atoms with van der Waals surface area (Å²) in [5.74, 6) is -1.15. The molecule has 0 aliphatic rings. The van der Waals surface area contributed by atoms with Crippen molar-refractivity contribution >= 4 is 11.9 Å². The van der Waals surface area contributed by atoms with Gasteiger partial charge in [0.2, 0.25) is 0 Å². The summed E-state index contributed by atoms with van der Waals surface area (Å²) in [6, 6.07) is 8.60. The minimum absolute atomic E-state index is 0.170. The maximum Gasteiger partial charge on any atom is 0.350 e. The first kappa shape index (κ1) is 14.5. The lowest BCUT2D eigenvalue weighted by Crippen LogP contribution is -2.19. The Kier molecular flexibility index (Phi) is 5.30. The molecule has 5 nitrogen and oxygen atoms in total. The monoisotopic (exact) mass is 258 g/mol. The third-order valence-corrected chi connectivity index (χ3v) is 2.28. The highest BCUT2D eigenvalue weighted by Crippen LogP contribution is 2.03. The Morgan fingerprint density at radius 1 is 1.37 bits per heavy atom. The van der Waals surface area contributed by atoms with E-state index in [1.54, 1.807) is 37.3 Å². The van der Waals surface area contributed by atoms with E-state index in [1.807, 2.05) is 6.92 Å². The van der Waals surface area contributed by atoms with Crippen LogP contribution in [0.3, 0.4) is 0 Å². The zero-order chi connectivity index (χ0) is 14.3. The minimum Gasteiger partial charge on any atom is -0.462 e. The third-order valence-electron chi connectivity index (χ3n) is 2.28. The van der Waals surface area contributed by atoms with Crippen LogP contribution in [0.2, 0.25) is 0 Å². The molecule has 0 fully saturated rings. The van der Waals surface area contributed by atoms with Crippen molar-refractivity contribution in [3.63, 3.8) is 0 Å². The number of rotatable bonds is 4. The Balaban J connectivity index is 2.74. The first-order chi connectivity index (χ1) is 9.08.